The molecule has 21 heavy (non-hydrogen) atoms. The molecule has 108 valence electrons. The summed E-state index contributed by atoms with van der Waals surface area (Å²) in [6.45, 7) is 1.89. The van der Waals surface area contributed by atoms with Crippen molar-refractivity contribution in [1.29, 1.82) is 5.26 Å². The van der Waals surface area contributed by atoms with Crippen molar-refractivity contribution >= 4 is 34.6 Å². The number of nitrogens with zero attached hydrogens (tertiary/aromatic N) is 2. The zero-order chi connectivity index (χ0) is 15.4. The topological polar surface area (TPSA) is 55.1 Å². The van der Waals surface area contributed by atoms with Crippen molar-refractivity contribution in [2.24, 2.45) is 0 Å². The van der Waals surface area contributed by atoms with Gasteiger partial charge in [-0.3, -0.25) is 0 Å². The van der Waals surface area contributed by atoms with Crippen LogP contribution in [-0.4, -0.2) is 19.2 Å². The Balaban J connectivity index is 2.49. The summed E-state index contributed by atoms with van der Waals surface area (Å²) in [6, 6.07) is 5.65. The van der Waals surface area contributed by atoms with Crippen molar-refractivity contribution in [1.82, 2.24) is 4.98 Å². The lowest BCUT2D eigenvalue weighted by Crippen LogP contribution is -1.92. The fourth-order valence-corrected chi connectivity index (χ4v) is 2.87. The predicted octanol–water partition coefficient (Wildman–Crippen LogP) is 4.19. The number of hydrogen-bond donors (Lipinski definition) is 0. The largest absolute Gasteiger partial charge is 0.493 e. The molecule has 6 heteroatoms. The molecule has 0 saturated carbocycles. The molecule has 0 aliphatic rings. The van der Waals surface area contributed by atoms with Crippen LogP contribution < -0.4 is 9.47 Å². The van der Waals surface area contributed by atoms with Gasteiger partial charge in [0.15, 0.2) is 11.5 Å². The lowest BCUT2D eigenvalue weighted by atomic mass is 10.1. The Bertz CT molecular complexity index is 732. The molecule has 1 aromatic heterocycles. The third-order valence-corrected chi connectivity index (χ3v) is 4.01. The van der Waals surface area contributed by atoms with Gasteiger partial charge in [-0.05, 0) is 30.7 Å². The third kappa shape index (κ3) is 3.35. The number of allylic oxidation sites excluding steroid dienone is 1. The lowest BCUT2D eigenvalue weighted by Gasteiger charge is -2.10. The van der Waals surface area contributed by atoms with E-state index in [-0.39, 0.29) is 0 Å². The fraction of sp³-hybridized carbons (Fsp3) is 0.200. The van der Waals surface area contributed by atoms with Crippen LogP contribution in [0, 0.1) is 18.3 Å². The molecule has 4 nitrogen and oxygen atoms in total. The molecule has 0 amide bonds. The molecule has 0 spiro atoms. The molecule has 2 aromatic rings. The van der Waals surface area contributed by atoms with Gasteiger partial charge in [-0.15, -0.1) is 11.3 Å². The quantitative estimate of drug-likeness (QED) is 0.793. The second-order valence-corrected chi connectivity index (χ2v) is 5.47. The van der Waals surface area contributed by atoms with Gasteiger partial charge in [-0.25, -0.2) is 4.98 Å². The summed E-state index contributed by atoms with van der Waals surface area (Å²) in [5.41, 5.74) is 2.12. The molecule has 0 unspecified atom stereocenters. The first-order chi connectivity index (χ1) is 10.1. The van der Waals surface area contributed by atoms with Crippen LogP contribution >= 0.6 is 22.9 Å². The van der Waals surface area contributed by atoms with E-state index in [1.807, 2.05) is 12.3 Å². The first-order valence-corrected chi connectivity index (χ1v) is 7.30. The van der Waals surface area contributed by atoms with Crippen LogP contribution in [0.3, 0.4) is 0 Å². The molecule has 1 aromatic carbocycles. The highest BCUT2D eigenvalue weighted by atomic mass is 35.5. The van der Waals surface area contributed by atoms with E-state index in [2.05, 4.69) is 11.1 Å². The Morgan fingerprint density at radius 3 is 2.67 bits per heavy atom. The van der Waals surface area contributed by atoms with E-state index in [9.17, 15) is 5.26 Å². The number of hydrogen-bond acceptors (Lipinski definition) is 5. The van der Waals surface area contributed by atoms with Crippen molar-refractivity contribution < 1.29 is 9.47 Å². The molecule has 0 aliphatic heterocycles. The Kier molecular flexibility index (Phi) is 4.84. The number of thiazole rings is 1. The Morgan fingerprint density at radius 2 is 2.14 bits per heavy atom. The van der Waals surface area contributed by atoms with Crippen LogP contribution in [0.5, 0.6) is 11.5 Å². The van der Waals surface area contributed by atoms with Crippen LogP contribution in [-0.2, 0) is 0 Å². The first kappa shape index (κ1) is 15.4. The number of rotatable bonds is 4. The highest BCUT2D eigenvalue weighted by molar-refractivity contribution is 7.11. The maximum atomic E-state index is 9.31. The van der Waals surface area contributed by atoms with Gasteiger partial charge in [-0.2, -0.15) is 5.26 Å². The van der Waals surface area contributed by atoms with Crippen molar-refractivity contribution in [3.8, 4) is 17.6 Å². The third-order valence-electron chi connectivity index (χ3n) is 2.74. The van der Waals surface area contributed by atoms with E-state index < -0.39 is 0 Å². The van der Waals surface area contributed by atoms with E-state index in [4.69, 9.17) is 21.1 Å². The summed E-state index contributed by atoms with van der Waals surface area (Å²) in [5, 5.41) is 12.3. The van der Waals surface area contributed by atoms with Crippen LogP contribution in [0.1, 0.15) is 16.3 Å². The van der Waals surface area contributed by atoms with Crippen molar-refractivity contribution in [2.75, 3.05) is 14.2 Å². The molecule has 0 radical (unpaired) electrons. The van der Waals surface area contributed by atoms with Gasteiger partial charge in [0, 0.05) is 11.1 Å². The number of aryl methyl sites for hydroxylation is 1. The maximum absolute atomic E-state index is 9.31. The molecular formula is C15H13ClN2O2S. The van der Waals surface area contributed by atoms with Gasteiger partial charge < -0.3 is 9.47 Å². The molecule has 0 bridgehead atoms. The van der Waals surface area contributed by atoms with E-state index >= 15 is 0 Å². The summed E-state index contributed by atoms with van der Waals surface area (Å²) < 4.78 is 10.4. The number of nitriles is 1. The zero-order valence-electron chi connectivity index (χ0n) is 11.8. The lowest BCUT2D eigenvalue weighted by molar-refractivity contribution is 0.355. The molecule has 2 rings (SSSR count). The SMILES string of the molecule is COc1cc(/C=C(/C#N)c2nc(C)cs2)cc(Cl)c1OC. The zero-order valence-corrected chi connectivity index (χ0v) is 13.4. The van der Waals surface area contributed by atoms with Gasteiger partial charge in [-0.1, -0.05) is 11.6 Å². The number of ether oxygens (including phenoxy) is 2. The van der Waals surface area contributed by atoms with Gasteiger partial charge in [0.25, 0.3) is 0 Å². The Morgan fingerprint density at radius 1 is 1.38 bits per heavy atom. The average molecular weight is 321 g/mol. The van der Waals surface area contributed by atoms with Crippen LogP contribution in [0.4, 0.5) is 0 Å². The van der Waals surface area contributed by atoms with E-state index in [0.717, 1.165) is 11.3 Å². The van der Waals surface area contributed by atoms with E-state index in [1.165, 1.54) is 25.6 Å². The Hall–Kier alpha value is -2.03. The van der Waals surface area contributed by atoms with Crippen molar-refractivity contribution in [3.63, 3.8) is 0 Å². The van der Waals surface area contributed by atoms with Crippen LogP contribution in [0.2, 0.25) is 5.02 Å². The first-order valence-electron chi connectivity index (χ1n) is 6.05. The van der Waals surface area contributed by atoms with Gasteiger partial charge in [0.2, 0.25) is 0 Å². The minimum absolute atomic E-state index is 0.427. The second-order valence-electron chi connectivity index (χ2n) is 4.20. The minimum Gasteiger partial charge on any atom is -0.493 e. The summed E-state index contributed by atoms with van der Waals surface area (Å²) in [4.78, 5) is 4.32. The average Bonchev–Trinajstić information content (AvgIpc) is 2.90. The van der Waals surface area contributed by atoms with Crippen LogP contribution in [0.15, 0.2) is 17.5 Å². The van der Waals surface area contributed by atoms with Gasteiger partial charge >= 0.3 is 0 Å². The summed E-state index contributed by atoms with van der Waals surface area (Å²) in [7, 11) is 3.06. The minimum atomic E-state index is 0.427. The summed E-state index contributed by atoms with van der Waals surface area (Å²) in [5.74, 6) is 0.990. The Labute approximate surface area is 132 Å². The maximum Gasteiger partial charge on any atom is 0.179 e. The molecule has 0 aliphatic carbocycles. The standard InChI is InChI=1S/C15H13ClN2O2S/c1-9-8-21-15(18-9)11(7-17)4-10-5-12(16)14(20-3)13(6-10)19-2/h4-6,8H,1-3H3/b11-4-. The summed E-state index contributed by atoms with van der Waals surface area (Å²) in [6.07, 6.45) is 1.73. The molecule has 0 saturated heterocycles. The molecular weight excluding hydrogens is 308 g/mol. The second kappa shape index (κ2) is 6.61. The van der Waals surface area contributed by atoms with Crippen molar-refractivity contribution in [2.45, 2.75) is 6.92 Å². The number of benzene rings is 1. The van der Waals surface area contributed by atoms with E-state index in [1.54, 1.807) is 18.2 Å². The van der Waals surface area contributed by atoms with Crippen LogP contribution in [0.25, 0.3) is 11.6 Å². The molecule has 0 N–H and O–H groups in total. The highest BCUT2D eigenvalue weighted by Crippen LogP contribution is 2.37. The van der Waals surface area contributed by atoms with E-state index in [0.29, 0.717) is 27.1 Å². The molecule has 1 heterocycles. The van der Waals surface area contributed by atoms with Gasteiger partial charge in [0.1, 0.15) is 11.1 Å². The normalized spacial score (nSPS) is 11.1. The smallest absolute Gasteiger partial charge is 0.179 e. The van der Waals surface area contributed by atoms with Crippen molar-refractivity contribution in [3.05, 3.63) is 38.8 Å². The van der Waals surface area contributed by atoms with Gasteiger partial charge in [0.05, 0.1) is 24.8 Å². The predicted molar refractivity (Wildman–Crippen MR) is 84.9 cm³/mol. The number of halogens is 1. The summed E-state index contributed by atoms with van der Waals surface area (Å²) >= 11 is 7.59. The fourth-order valence-electron chi connectivity index (χ4n) is 1.81. The molecule has 0 fully saturated rings. The highest BCUT2D eigenvalue weighted by Gasteiger charge is 2.12. The monoisotopic (exact) mass is 320 g/mol. The number of aromatic nitrogens is 1. The molecule has 0 atom stereocenters. The number of methoxy groups -OCH3 is 2.